The molecule has 1 N–H and O–H groups in total. The van der Waals surface area contributed by atoms with Crippen LogP contribution in [0.25, 0.3) is 0 Å². The van der Waals surface area contributed by atoms with E-state index in [1.54, 1.807) is 6.92 Å². The van der Waals surface area contributed by atoms with Crippen LogP contribution in [0.15, 0.2) is 0 Å². The zero-order chi connectivity index (χ0) is 11.5. The second kappa shape index (κ2) is 4.95. The topological polar surface area (TPSA) is 49.4 Å². The zero-order valence-electron chi connectivity index (χ0n) is 9.87. The van der Waals surface area contributed by atoms with Crippen LogP contribution in [0.4, 0.5) is 0 Å². The van der Waals surface area contributed by atoms with Gasteiger partial charge in [-0.1, -0.05) is 6.42 Å². The summed E-state index contributed by atoms with van der Waals surface area (Å²) < 4.78 is 0. The Hall–Kier alpha value is -0.900. The molecular formula is C12H20N2O2. The van der Waals surface area contributed by atoms with Crippen LogP contribution < -0.4 is 5.32 Å². The molecule has 0 bridgehead atoms. The van der Waals surface area contributed by atoms with E-state index in [9.17, 15) is 9.59 Å². The molecule has 2 unspecified atom stereocenters. The first-order valence-electron chi connectivity index (χ1n) is 6.20. The van der Waals surface area contributed by atoms with Crippen LogP contribution in [0.5, 0.6) is 0 Å². The maximum absolute atomic E-state index is 11.8. The Bertz CT molecular complexity index is 291. The highest BCUT2D eigenvalue weighted by atomic mass is 16.1. The summed E-state index contributed by atoms with van der Waals surface area (Å²) in [6, 6.07) is 0.375. The van der Waals surface area contributed by atoms with Crippen molar-refractivity contribution in [2.24, 2.45) is 0 Å². The lowest BCUT2D eigenvalue weighted by molar-refractivity contribution is -0.125. The lowest BCUT2D eigenvalue weighted by Gasteiger charge is -2.29. The maximum Gasteiger partial charge on any atom is 0.217 e. The quantitative estimate of drug-likeness (QED) is 0.751. The number of carbonyl (C=O) groups is 2. The van der Waals surface area contributed by atoms with Gasteiger partial charge in [-0.25, -0.2) is 0 Å². The molecule has 4 nitrogen and oxygen atoms in total. The minimum Gasteiger partial charge on any atom is -0.352 e. The molecule has 1 saturated heterocycles. The second-order valence-electron chi connectivity index (χ2n) is 4.91. The lowest BCUT2D eigenvalue weighted by atomic mass is 9.93. The summed E-state index contributed by atoms with van der Waals surface area (Å²) in [5, 5.41) is 2.93. The van der Waals surface area contributed by atoms with E-state index in [1.807, 2.05) is 0 Å². The Morgan fingerprint density at radius 1 is 1.38 bits per heavy atom. The van der Waals surface area contributed by atoms with Gasteiger partial charge in [0.2, 0.25) is 5.91 Å². The largest absolute Gasteiger partial charge is 0.352 e. The van der Waals surface area contributed by atoms with Crippen molar-refractivity contribution < 1.29 is 9.59 Å². The summed E-state index contributed by atoms with van der Waals surface area (Å²) in [7, 11) is 0. The molecule has 0 aromatic carbocycles. The molecule has 90 valence electrons. The first-order valence-corrected chi connectivity index (χ1v) is 6.20. The van der Waals surface area contributed by atoms with Crippen molar-refractivity contribution in [2.45, 2.75) is 51.1 Å². The number of likely N-dealkylation sites (tertiary alicyclic amines) is 1. The van der Waals surface area contributed by atoms with Crippen LogP contribution in [0, 0.1) is 0 Å². The molecule has 1 aliphatic heterocycles. The third kappa shape index (κ3) is 2.61. The van der Waals surface area contributed by atoms with Crippen LogP contribution in [0.3, 0.4) is 0 Å². The molecule has 2 fully saturated rings. The summed E-state index contributed by atoms with van der Waals surface area (Å²) in [5.74, 6) is 0.427. The van der Waals surface area contributed by atoms with E-state index in [4.69, 9.17) is 0 Å². The Kier molecular flexibility index (Phi) is 3.59. The summed E-state index contributed by atoms with van der Waals surface area (Å²) in [4.78, 5) is 25.0. The molecule has 1 amide bonds. The fraction of sp³-hybridized carbons (Fsp3) is 0.833. The van der Waals surface area contributed by atoms with E-state index < -0.39 is 0 Å². The number of carbonyl (C=O) groups excluding carboxylic acids is 2. The number of nitrogens with zero attached hydrogens (tertiary/aromatic N) is 1. The first-order chi connectivity index (χ1) is 7.66. The average molecular weight is 224 g/mol. The Labute approximate surface area is 96.4 Å². The molecule has 16 heavy (non-hydrogen) atoms. The van der Waals surface area contributed by atoms with Gasteiger partial charge in [0, 0.05) is 32.5 Å². The van der Waals surface area contributed by atoms with Crippen LogP contribution in [-0.2, 0) is 9.59 Å². The van der Waals surface area contributed by atoms with Crippen LogP contribution in [0.2, 0.25) is 0 Å². The highest BCUT2D eigenvalue weighted by molar-refractivity contribution is 5.84. The summed E-state index contributed by atoms with van der Waals surface area (Å²) in [5.41, 5.74) is 0. The molecule has 2 rings (SSSR count). The fourth-order valence-corrected chi connectivity index (χ4v) is 2.83. The van der Waals surface area contributed by atoms with E-state index in [0.29, 0.717) is 5.78 Å². The van der Waals surface area contributed by atoms with E-state index in [1.165, 1.54) is 0 Å². The highest BCUT2D eigenvalue weighted by Crippen LogP contribution is 2.23. The van der Waals surface area contributed by atoms with Gasteiger partial charge in [0.25, 0.3) is 0 Å². The van der Waals surface area contributed by atoms with Gasteiger partial charge in [-0.15, -0.1) is 0 Å². The van der Waals surface area contributed by atoms with Gasteiger partial charge in [0.05, 0.1) is 6.04 Å². The van der Waals surface area contributed by atoms with Gasteiger partial charge >= 0.3 is 0 Å². The number of nitrogens with one attached hydrogen (secondary N) is 1. The third-order valence-electron chi connectivity index (χ3n) is 3.59. The van der Waals surface area contributed by atoms with E-state index in [2.05, 4.69) is 10.2 Å². The Morgan fingerprint density at radius 3 is 2.88 bits per heavy atom. The first kappa shape index (κ1) is 11.6. The second-order valence-corrected chi connectivity index (χ2v) is 4.91. The smallest absolute Gasteiger partial charge is 0.217 e. The predicted molar refractivity (Wildman–Crippen MR) is 61.1 cm³/mol. The number of Topliss-reactive ketones (excluding diaryl/α,β-unsaturated/α-hetero) is 1. The minimum atomic E-state index is 0.0295. The van der Waals surface area contributed by atoms with Crippen molar-refractivity contribution in [2.75, 3.05) is 13.1 Å². The number of rotatable bonds is 2. The molecule has 0 aromatic rings. The van der Waals surface area contributed by atoms with E-state index in [0.717, 1.165) is 45.2 Å². The van der Waals surface area contributed by atoms with Crippen molar-refractivity contribution in [1.29, 1.82) is 0 Å². The average Bonchev–Trinajstić information content (AvgIpc) is 2.66. The Morgan fingerprint density at radius 2 is 2.19 bits per heavy atom. The van der Waals surface area contributed by atoms with Crippen LogP contribution in [0.1, 0.15) is 39.0 Å². The monoisotopic (exact) mass is 224 g/mol. The summed E-state index contributed by atoms with van der Waals surface area (Å²) >= 11 is 0. The summed E-state index contributed by atoms with van der Waals surface area (Å²) in [6.45, 7) is 3.34. The van der Waals surface area contributed by atoms with Gasteiger partial charge in [0.15, 0.2) is 0 Å². The lowest BCUT2D eigenvalue weighted by Crippen LogP contribution is -2.43. The van der Waals surface area contributed by atoms with Crippen molar-refractivity contribution in [3.05, 3.63) is 0 Å². The van der Waals surface area contributed by atoms with Gasteiger partial charge in [0.1, 0.15) is 5.78 Å². The number of amides is 1. The molecule has 0 aromatic heterocycles. The molecule has 1 saturated carbocycles. The molecule has 0 spiro atoms. The van der Waals surface area contributed by atoms with Crippen LogP contribution in [-0.4, -0.2) is 41.8 Å². The molecule has 1 heterocycles. The molecule has 1 aliphatic carbocycles. The van der Waals surface area contributed by atoms with Crippen molar-refractivity contribution in [1.82, 2.24) is 10.2 Å². The molecule has 4 heteroatoms. The molecule has 0 radical (unpaired) electrons. The van der Waals surface area contributed by atoms with E-state index in [-0.39, 0.29) is 18.0 Å². The number of hydrogen-bond acceptors (Lipinski definition) is 3. The normalized spacial score (nSPS) is 31.7. The van der Waals surface area contributed by atoms with Crippen molar-refractivity contribution in [3.8, 4) is 0 Å². The number of hydrogen-bond donors (Lipinski definition) is 1. The minimum absolute atomic E-state index is 0.0295. The van der Waals surface area contributed by atoms with Crippen molar-refractivity contribution in [3.63, 3.8) is 0 Å². The third-order valence-corrected chi connectivity index (χ3v) is 3.59. The predicted octanol–water partition coefficient (Wildman–Crippen LogP) is 0.708. The Balaban J connectivity index is 1.87. The van der Waals surface area contributed by atoms with E-state index >= 15 is 0 Å². The molecule has 2 atom stereocenters. The number of ketones is 1. The highest BCUT2D eigenvalue weighted by Gasteiger charge is 2.33. The maximum atomic E-state index is 11.8. The van der Waals surface area contributed by atoms with Gasteiger partial charge < -0.3 is 5.32 Å². The molecular weight excluding hydrogens is 204 g/mol. The van der Waals surface area contributed by atoms with Crippen molar-refractivity contribution >= 4 is 11.7 Å². The molecule has 2 aliphatic rings. The van der Waals surface area contributed by atoms with Crippen LogP contribution >= 0.6 is 0 Å². The van der Waals surface area contributed by atoms with Gasteiger partial charge in [-0.2, -0.15) is 0 Å². The zero-order valence-corrected chi connectivity index (χ0v) is 9.87. The van der Waals surface area contributed by atoms with Gasteiger partial charge in [-0.3, -0.25) is 14.5 Å². The summed E-state index contributed by atoms with van der Waals surface area (Å²) in [6.07, 6.45) is 4.94. The SMILES string of the molecule is CC(=O)NC1CCN(C2CCCCC2=O)C1. The standard InChI is InChI=1S/C12H20N2O2/c1-9(15)13-10-6-7-14(8-10)11-4-2-3-5-12(11)16/h10-11H,2-8H2,1H3,(H,13,15). The van der Waals surface area contributed by atoms with Gasteiger partial charge in [-0.05, 0) is 19.3 Å². The fourth-order valence-electron chi connectivity index (χ4n) is 2.83.